The highest BCUT2D eigenvalue weighted by molar-refractivity contribution is 7.23. The molecule has 9 aromatic carbocycles. The first-order valence-electron chi connectivity index (χ1n) is 18.3. The molecular formula is C50H33NOSi. The van der Waals surface area contributed by atoms with E-state index in [0.717, 1.165) is 28.6 Å². The van der Waals surface area contributed by atoms with E-state index in [-0.39, 0.29) is 0 Å². The molecule has 0 N–H and O–H groups in total. The van der Waals surface area contributed by atoms with E-state index in [4.69, 9.17) is 4.74 Å². The van der Waals surface area contributed by atoms with Gasteiger partial charge in [-0.05, 0) is 113 Å². The topological polar surface area (TPSA) is 12.5 Å². The number of rotatable bonds is 4. The summed E-state index contributed by atoms with van der Waals surface area (Å²) in [4.78, 5) is 2.44. The summed E-state index contributed by atoms with van der Waals surface area (Å²) in [5.41, 5.74) is 8.42. The molecule has 0 aromatic heterocycles. The third-order valence-electron chi connectivity index (χ3n) is 11.3. The van der Waals surface area contributed by atoms with Crippen molar-refractivity contribution in [2.75, 3.05) is 4.90 Å². The van der Waals surface area contributed by atoms with Crippen molar-refractivity contribution in [2.45, 2.75) is 0 Å². The first-order chi connectivity index (χ1) is 26.3. The van der Waals surface area contributed by atoms with Crippen molar-refractivity contribution in [3.05, 3.63) is 200 Å². The van der Waals surface area contributed by atoms with Gasteiger partial charge in [-0.15, -0.1) is 0 Å². The summed E-state index contributed by atoms with van der Waals surface area (Å²) in [7, 11) is -2.76. The highest BCUT2D eigenvalue weighted by atomic mass is 28.3. The Labute approximate surface area is 309 Å². The Hall–Kier alpha value is -6.68. The zero-order valence-electron chi connectivity index (χ0n) is 28.9. The lowest BCUT2D eigenvalue weighted by atomic mass is 10.0. The lowest BCUT2D eigenvalue weighted by Crippen LogP contribution is -2.74. The number of nitrogens with zero attached hydrogens (tertiary/aromatic N) is 1. The largest absolute Gasteiger partial charge is 0.458 e. The maximum absolute atomic E-state index is 6.65. The third kappa shape index (κ3) is 4.44. The Morgan fingerprint density at radius 3 is 1.68 bits per heavy atom. The van der Waals surface area contributed by atoms with Crippen LogP contribution in [0, 0.1) is 0 Å². The predicted molar refractivity (Wildman–Crippen MR) is 224 cm³/mol. The van der Waals surface area contributed by atoms with E-state index < -0.39 is 8.07 Å². The summed E-state index contributed by atoms with van der Waals surface area (Å²) >= 11 is 0. The van der Waals surface area contributed by atoms with Crippen molar-refractivity contribution in [3.8, 4) is 33.8 Å². The lowest BCUT2D eigenvalue weighted by molar-refractivity contribution is 0.487. The summed E-state index contributed by atoms with van der Waals surface area (Å²) in [6, 6.07) is 73.4. The maximum Gasteiger partial charge on any atom is 0.189 e. The Balaban J connectivity index is 1.16. The number of ether oxygens (including phenoxy) is 1. The van der Waals surface area contributed by atoms with Gasteiger partial charge in [-0.25, -0.2) is 0 Å². The molecular weight excluding hydrogens is 659 g/mol. The van der Waals surface area contributed by atoms with Gasteiger partial charge in [0, 0.05) is 17.1 Å². The fourth-order valence-corrected chi connectivity index (χ4v) is 14.4. The van der Waals surface area contributed by atoms with Gasteiger partial charge in [0.2, 0.25) is 0 Å². The minimum Gasteiger partial charge on any atom is -0.458 e. The summed E-state index contributed by atoms with van der Waals surface area (Å²) in [5.74, 6) is 1.92. The van der Waals surface area contributed by atoms with Crippen LogP contribution >= 0.6 is 0 Å². The lowest BCUT2D eigenvalue weighted by Gasteiger charge is -2.37. The van der Waals surface area contributed by atoms with Crippen LogP contribution in [-0.2, 0) is 0 Å². The fourth-order valence-electron chi connectivity index (χ4n) is 9.00. The van der Waals surface area contributed by atoms with Gasteiger partial charge in [0.05, 0.1) is 0 Å². The number of para-hydroxylation sites is 2. The summed E-state index contributed by atoms with van der Waals surface area (Å²) in [6.45, 7) is 0. The zero-order chi connectivity index (χ0) is 34.9. The van der Waals surface area contributed by atoms with E-state index in [1.165, 1.54) is 64.5 Å². The summed E-state index contributed by atoms with van der Waals surface area (Å²) in [6.07, 6.45) is 0. The Morgan fingerprint density at radius 2 is 0.887 bits per heavy atom. The molecule has 11 rings (SSSR count). The van der Waals surface area contributed by atoms with Gasteiger partial charge in [0.25, 0.3) is 0 Å². The molecule has 3 heteroatoms. The molecule has 0 atom stereocenters. The Kier molecular flexibility index (Phi) is 6.61. The summed E-state index contributed by atoms with van der Waals surface area (Å²) < 4.78 is 6.65. The summed E-state index contributed by atoms with van der Waals surface area (Å²) in [5, 5.41) is 10.4. The second kappa shape index (κ2) is 11.7. The van der Waals surface area contributed by atoms with Crippen LogP contribution in [0.15, 0.2) is 200 Å². The van der Waals surface area contributed by atoms with E-state index in [0.29, 0.717) is 0 Å². The van der Waals surface area contributed by atoms with Crippen LogP contribution in [0.2, 0.25) is 0 Å². The van der Waals surface area contributed by atoms with Crippen LogP contribution in [0.25, 0.3) is 43.8 Å². The monoisotopic (exact) mass is 691 g/mol. The normalized spacial score (nSPS) is 13.2. The first-order valence-corrected chi connectivity index (χ1v) is 20.3. The highest BCUT2D eigenvalue weighted by Gasteiger charge is 2.53. The molecule has 2 aliphatic rings. The van der Waals surface area contributed by atoms with Crippen molar-refractivity contribution < 1.29 is 4.74 Å². The molecule has 0 bridgehead atoms. The van der Waals surface area contributed by atoms with Gasteiger partial charge in [0.1, 0.15) is 11.5 Å². The van der Waals surface area contributed by atoms with E-state index >= 15 is 0 Å². The smallest absolute Gasteiger partial charge is 0.189 e. The molecule has 0 unspecified atom stereocenters. The third-order valence-corrected chi connectivity index (χ3v) is 16.2. The molecule has 0 saturated carbocycles. The van der Waals surface area contributed by atoms with Crippen molar-refractivity contribution in [3.63, 3.8) is 0 Å². The molecule has 0 saturated heterocycles. The molecule has 0 fully saturated rings. The molecule has 0 radical (unpaired) electrons. The van der Waals surface area contributed by atoms with Crippen LogP contribution in [0.3, 0.4) is 0 Å². The van der Waals surface area contributed by atoms with E-state index in [1.54, 1.807) is 0 Å². The van der Waals surface area contributed by atoms with Crippen LogP contribution in [0.4, 0.5) is 17.1 Å². The van der Waals surface area contributed by atoms with Gasteiger partial charge >= 0.3 is 0 Å². The Morgan fingerprint density at radius 1 is 0.340 bits per heavy atom. The number of benzene rings is 9. The Bertz CT molecular complexity index is 2830. The minimum absolute atomic E-state index is 0.959. The molecule has 248 valence electrons. The zero-order valence-corrected chi connectivity index (χ0v) is 29.9. The highest BCUT2D eigenvalue weighted by Crippen LogP contribution is 2.41. The minimum atomic E-state index is -2.76. The SMILES string of the molecule is c1ccc(-c2ccc(N(c3ccc4c(c3)[Si]3(c5ccccc5Oc5ccccc53)c3ccccc3-4)c3ccc4c(ccc5ccccc54)c3)cc2)cc1. The van der Waals surface area contributed by atoms with Crippen LogP contribution in [0.5, 0.6) is 11.5 Å². The quantitative estimate of drug-likeness (QED) is 0.135. The molecule has 53 heavy (non-hydrogen) atoms. The molecule has 0 amide bonds. The standard InChI is InChI=1S/C50H33NOSi/c1-2-12-34(13-3-1)35-24-26-38(27-25-35)51(39-28-30-42-37(32-39)23-22-36-14-4-5-15-41(36)42)40-29-31-44-43-16-6-9-19-47(43)53(50(44)33-40)48-20-10-7-17-45(48)52-46-18-8-11-21-49(46)53/h1-33H. The van der Waals surface area contributed by atoms with Crippen molar-refractivity contribution in [2.24, 2.45) is 0 Å². The van der Waals surface area contributed by atoms with E-state index in [9.17, 15) is 0 Å². The molecule has 0 aliphatic carbocycles. The molecule has 1 spiro atoms. The van der Waals surface area contributed by atoms with Gasteiger partial charge in [-0.2, -0.15) is 0 Å². The van der Waals surface area contributed by atoms with Crippen LogP contribution in [-0.4, -0.2) is 8.07 Å². The van der Waals surface area contributed by atoms with Crippen molar-refractivity contribution >= 4 is 67.4 Å². The second-order valence-corrected chi connectivity index (χ2v) is 17.7. The van der Waals surface area contributed by atoms with Crippen LogP contribution in [0.1, 0.15) is 0 Å². The number of anilines is 3. The number of fused-ring (bicyclic) bond motifs is 12. The number of hydrogen-bond donors (Lipinski definition) is 0. The van der Waals surface area contributed by atoms with Crippen molar-refractivity contribution in [1.29, 1.82) is 0 Å². The van der Waals surface area contributed by atoms with E-state index in [2.05, 4.69) is 205 Å². The van der Waals surface area contributed by atoms with Gasteiger partial charge in [-0.3, -0.25) is 0 Å². The average molecular weight is 692 g/mol. The molecule has 9 aromatic rings. The first kappa shape index (κ1) is 30.0. The predicted octanol–water partition coefficient (Wildman–Crippen LogP) is 10.6. The number of hydrogen-bond acceptors (Lipinski definition) is 2. The van der Waals surface area contributed by atoms with E-state index in [1.807, 2.05) is 0 Å². The van der Waals surface area contributed by atoms with Crippen molar-refractivity contribution in [1.82, 2.24) is 0 Å². The molecule has 2 aliphatic heterocycles. The maximum atomic E-state index is 6.65. The van der Waals surface area contributed by atoms with Gasteiger partial charge in [-0.1, -0.05) is 152 Å². The average Bonchev–Trinajstić information content (AvgIpc) is 3.51. The van der Waals surface area contributed by atoms with Crippen LogP contribution < -0.4 is 30.4 Å². The van der Waals surface area contributed by atoms with Gasteiger partial charge in [0.15, 0.2) is 8.07 Å². The molecule has 2 heterocycles. The second-order valence-electron chi connectivity index (χ2n) is 14.1. The van der Waals surface area contributed by atoms with Gasteiger partial charge < -0.3 is 9.64 Å². The molecule has 2 nitrogen and oxygen atoms in total. The fraction of sp³-hybridized carbons (Fsp3) is 0.